The number of hydrogen-bond donors (Lipinski definition) is 0. The number of benzene rings is 1. The Balaban J connectivity index is 2.35. The Kier molecular flexibility index (Phi) is 4.21. The molecule has 1 aromatic carbocycles. The Morgan fingerprint density at radius 2 is 2.21 bits per heavy atom. The number of fused-ring (bicyclic) bond motifs is 1. The molecule has 0 aliphatic heterocycles. The highest BCUT2D eigenvalue weighted by atomic mass is 32.2. The van der Waals surface area contributed by atoms with Gasteiger partial charge >= 0.3 is 11.6 Å². The second-order valence-electron chi connectivity index (χ2n) is 3.76. The molecule has 0 aliphatic rings. The Bertz CT molecular complexity index is 665. The van der Waals surface area contributed by atoms with Gasteiger partial charge in [0.05, 0.1) is 0 Å². The number of esters is 1. The summed E-state index contributed by atoms with van der Waals surface area (Å²) in [7, 11) is 0. The summed E-state index contributed by atoms with van der Waals surface area (Å²) in [5.74, 6) is -0.587. The molecule has 0 spiro atoms. The first-order valence-electron chi connectivity index (χ1n) is 5.51. The first-order valence-corrected chi connectivity index (χ1v) is 6.90. The molecule has 100 valence electrons. The molecule has 6 heteroatoms. The van der Waals surface area contributed by atoms with Crippen LogP contribution < -0.4 is 5.63 Å². The van der Waals surface area contributed by atoms with E-state index >= 15 is 0 Å². The highest BCUT2D eigenvalue weighted by Gasteiger charge is 2.15. The minimum Gasteiger partial charge on any atom is -0.461 e. The monoisotopic (exact) mass is 282 g/mol. The van der Waals surface area contributed by atoms with Crippen LogP contribution in [0, 0.1) is 5.82 Å². The largest absolute Gasteiger partial charge is 0.461 e. The van der Waals surface area contributed by atoms with E-state index in [0.717, 1.165) is 0 Å². The maximum Gasteiger partial charge on any atom is 0.351 e. The van der Waals surface area contributed by atoms with Crippen molar-refractivity contribution in [2.45, 2.75) is 0 Å². The molecular weight excluding hydrogens is 271 g/mol. The van der Waals surface area contributed by atoms with Crippen LogP contribution in [0.4, 0.5) is 4.39 Å². The smallest absolute Gasteiger partial charge is 0.351 e. The van der Waals surface area contributed by atoms with E-state index in [1.54, 1.807) is 0 Å². The van der Waals surface area contributed by atoms with Gasteiger partial charge in [0.2, 0.25) is 0 Å². The lowest BCUT2D eigenvalue weighted by molar-refractivity contribution is 0.0526. The van der Waals surface area contributed by atoms with Crippen LogP contribution in [-0.4, -0.2) is 24.6 Å². The Morgan fingerprint density at radius 3 is 2.95 bits per heavy atom. The van der Waals surface area contributed by atoms with Crippen molar-refractivity contribution in [3.63, 3.8) is 0 Å². The molecular formula is C13H11FO4S. The van der Waals surface area contributed by atoms with Crippen molar-refractivity contribution in [2.24, 2.45) is 0 Å². The number of rotatable bonds is 4. The van der Waals surface area contributed by atoms with E-state index in [2.05, 4.69) is 0 Å². The second kappa shape index (κ2) is 5.88. The predicted octanol–water partition coefficient (Wildman–Crippen LogP) is 2.45. The molecule has 0 fully saturated rings. The van der Waals surface area contributed by atoms with Gasteiger partial charge in [-0.25, -0.2) is 14.0 Å². The van der Waals surface area contributed by atoms with Gasteiger partial charge in [-0.05, 0) is 30.5 Å². The summed E-state index contributed by atoms with van der Waals surface area (Å²) in [4.78, 5) is 23.3. The fraction of sp³-hybridized carbons (Fsp3) is 0.231. The van der Waals surface area contributed by atoms with Crippen molar-refractivity contribution in [2.75, 3.05) is 18.6 Å². The van der Waals surface area contributed by atoms with E-state index in [9.17, 15) is 14.0 Å². The summed E-state index contributed by atoms with van der Waals surface area (Å²) < 4.78 is 22.9. The lowest BCUT2D eigenvalue weighted by Crippen LogP contribution is -2.17. The number of hydrogen-bond acceptors (Lipinski definition) is 5. The number of ether oxygens (including phenoxy) is 1. The average molecular weight is 282 g/mol. The van der Waals surface area contributed by atoms with Crippen LogP contribution in [0.15, 0.2) is 33.5 Å². The summed E-state index contributed by atoms with van der Waals surface area (Å²) in [6.07, 6.45) is 1.88. The van der Waals surface area contributed by atoms with Gasteiger partial charge < -0.3 is 9.15 Å². The standard InChI is InChI=1S/C13H11FO4S/c1-19-5-4-17-12(15)10-7-8-6-9(14)2-3-11(8)18-13(10)16/h2-3,6-7H,4-5H2,1H3. The van der Waals surface area contributed by atoms with Crippen molar-refractivity contribution >= 4 is 28.7 Å². The van der Waals surface area contributed by atoms with Crippen molar-refractivity contribution in [3.05, 3.63) is 46.1 Å². The van der Waals surface area contributed by atoms with Gasteiger partial charge in [0.1, 0.15) is 23.6 Å². The maximum atomic E-state index is 13.1. The normalized spacial score (nSPS) is 10.6. The summed E-state index contributed by atoms with van der Waals surface area (Å²) in [5.41, 5.74) is -0.778. The van der Waals surface area contributed by atoms with Crippen LogP contribution >= 0.6 is 11.8 Å². The lowest BCUT2D eigenvalue weighted by atomic mass is 10.2. The van der Waals surface area contributed by atoms with Crippen LogP contribution in [0.5, 0.6) is 0 Å². The average Bonchev–Trinajstić information content (AvgIpc) is 2.38. The summed E-state index contributed by atoms with van der Waals surface area (Å²) in [6, 6.07) is 5.00. The maximum absolute atomic E-state index is 13.1. The van der Waals surface area contributed by atoms with Gasteiger partial charge in [-0.2, -0.15) is 11.8 Å². The first kappa shape index (κ1) is 13.6. The third-order valence-corrected chi connectivity index (χ3v) is 3.01. The molecule has 0 unspecified atom stereocenters. The van der Waals surface area contributed by atoms with Crippen molar-refractivity contribution in [1.82, 2.24) is 0 Å². The van der Waals surface area contributed by atoms with E-state index in [1.807, 2.05) is 6.26 Å². The molecule has 0 saturated heterocycles. The molecule has 0 saturated carbocycles. The zero-order valence-electron chi connectivity index (χ0n) is 10.1. The fourth-order valence-corrected chi connectivity index (χ4v) is 1.78. The molecule has 2 rings (SSSR count). The molecule has 0 N–H and O–H groups in total. The van der Waals surface area contributed by atoms with Gasteiger partial charge in [0.25, 0.3) is 0 Å². The summed E-state index contributed by atoms with van der Waals surface area (Å²) >= 11 is 1.52. The van der Waals surface area contributed by atoms with E-state index in [-0.39, 0.29) is 17.8 Å². The van der Waals surface area contributed by atoms with Gasteiger partial charge in [-0.3, -0.25) is 0 Å². The molecule has 0 amide bonds. The SMILES string of the molecule is CSCCOC(=O)c1cc2cc(F)ccc2oc1=O. The number of carbonyl (C=O) groups is 1. The van der Waals surface area contributed by atoms with Crippen LogP contribution in [-0.2, 0) is 4.74 Å². The minimum atomic E-state index is -0.784. The molecule has 0 bridgehead atoms. The van der Waals surface area contributed by atoms with E-state index in [0.29, 0.717) is 11.1 Å². The predicted molar refractivity (Wildman–Crippen MR) is 71.1 cm³/mol. The van der Waals surface area contributed by atoms with E-state index in [4.69, 9.17) is 9.15 Å². The number of thioether (sulfide) groups is 1. The Labute approximate surface area is 112 Å². The third-order valence-electron chi connectivity index (χ3n) is 2.43. The summed E-state index contributed by atoms with van der Waals surface area (Å²) in [5, 5.41) is 0.344. The molecule has 0 atom stereocenters. The molecule has 2 aromatic rings. The zero-order valence-corrected chi connectivity index (χ0v) is 11.0. The van der Waals surface area contributed by atoms with Crippen molar-refractivity contribution in [1.29, 1.82) is 0 Å². The molecule has 0 aliphatic carbocycles. The van der Waals surface area contributed by atoms with Gasteiger partial charge in [-0.1, -0.05) is 0 Å². The summed E-state index contributed by atoms with van der Waals surface area (Å²) in [6.45, 7) is 0.209. The topological polar surface area (TPSA) is 56.5 Å². The molecule has 1 aromatic heterocycles. The first-order chi connectivity index (χ1) is 9.11. The highest BCUT2D eigenvalue weighted by Crippen LogP contribution is 2.15. The second-order valence-corrected chi connectivity index (χ2v) is 4.74. The van der Waals surface area contributed by atoms with Crippen LogP contribution in [0.2, 0.25) is 0 Å². The third kappa shape index (κ3) is 3.14. The fourth-order valence-electron chi connectivity index (χ4n) is 1.53. The van der Waals surface area contributed by atoms with E-state index < -0.39 is 17.4 Å². The number of carbonyl (C=O) groups excluding carboxylic acids is 1. The Hall–Kier alpha value is -1.82. The van der Waals surface area contributed by atoms with Gasteiger partial charge in [-0.15, -0.1) is 0 Å². The van der Waals surface area contributed by atoms with Gasteiger partial charge in [0, 0.05) is 11.1 Å². The zero-order chi connectivity index (χ0) is 13.8. The molecule has 4 nitrogen and oxygen atoms in total. The Morgan fingerprint density at radius 1 is 1.42 bits per heavy atom. The van der Waals surface area contributed by atoms with Crippen molar-refractivity contribution < 1.29 is 18.3 Å². The lowest BCUT2D eigenvalue weighted by Gasteiger charge is -2.03. The molecule has 0 radical (unpaired) electrons. The minimum absolute atomic E-state index is 0.209. The van der Waals surface area contributed by atoms with Crippen LogP contribution in [0.3, 0.4) is 0 Å². The quantitative estimate of drug-likeness (QED) is 0.490. The van der Waals surface area contributed by atoms with E-state index in [1.165, 1.54) is 36.0 Å². The molecule has 19 heavy (non-hydrogen) atoms. The van der Waals surface area contributed by atoms with Crippen LogP contribution in [0.25, 0.3) is 11.0 Å². The number of halogens is 1. The molecule has 1 heterocycles. The highest BCUT2D eigenvalue weighted by molar-refractivity contribution is 7.98. The van der Waals surface area contributed by atoms with Crippen LogP contribution in [0.1, 0.15) is 10.4 Å². The van der Waals surface area contributed by atoms with Gasteiger partial charge in [0.15, 0.2) is 0 Å². The van der Waals surface area contributed by atoms with Crippen molar-refractivity contribution in [3.8, 4) is 0 Å².